The van der Waals surface area contributed by atoms with Crippen LogP contribution in [0.2, 0.25) is 0 Å². The summed E-state index contributed by atoms with van der Waals surface area (Å²) in [5, 5.41) is 18.6. The van der Waals surface area contributed by atoms with Crippen molar-refractivity contribution < 1.29 is 24.3 Å². The Kier molecular flexibility index (Phi) is 5.21. The molecule has 104 valence electrons. The Morgan fingerprint density at radius 2 is 2.05 bits per heavy atom. The maximum atomic E-state index is 9.30. The lowest BCUT2D eigenvalue weighted by molar-refractivity contribution is -0.0390. The predicted octanol–water partition coefficient (Wildman–Crippen LogP) is 0.0706. The third kappa shape index (κ3) is 3.94. The first kappa shape index (κ1) is 14.3. The van der Waals surface area contributed by atoms with Crippen molar-refractivity contribution in [2.24, 2.45) is 0 Å². The number of ether oxygens (including phenoxy) is 3. The van der Waals surface area contributed by atoms with E-state index in [9.17, 15) is 10.0 Å². The summed E-state index contributed by atoms with van der Waals surface area (Å²) in [4.78, 5) is 0. The molecular weight excluding hydrogens is 247 g/mol. The molecule has 6 heteroatoms. The van der Waals surface area contributed by atoms with Crippen molar-refractivity contribution in [2.75, 3.05) is 20.3 Å². The first-order valence-corrected chi connectivity index (χ1v) is 6.43. The van der Waals surface area contributed by atoms with Gasteiger partial charge in [0.25, 0.3) is 0 Å². The number of methoxy groups -OCH3 is 1. The van der Waals surface area contributed by atoms with Gasteiger partial charge < -0.3 is 24.3 Å². The number of rotatable bonds is 5. The van der Waals surface area contributed by atoms with Crippen LogP contribution in [0.4, 0.5) is 0 Å². The van der Waals surface area contributed by atoms with E-state index in [1.54, 1.807) is 12.1 Å². The van der Waals surface area contributed by atoms with Crippen LogP contribution in [-0.2, 0) is 16.1 Å². The van der Waals surface area contributed by atoms with E-state index in [-0.39, 0.29) is 6.10 Å². The number of hydrogen-bond donors (Lipinski definition) is 2. The van der Waals surface area contributed by atoms with Crippen molar-refractivity contribution >= 4 is 12.6 Å². The molecule has 5 nitrogen and oxygen atoms in total. The Hall–Kier alpha value is -1.08. The molecule has 0 atom stereocenters. The lowest BCUT2D eigenvalue weighted by atomic mass is 9.79. The summed E-state index contributed by atoms with van der Waals surface area (Å²) in [6.07, 6.45) is 2.04. The van der Waals surface area contributed by atoms with Crippen LogP contribution >= 0.6 is 0 Å². The average Bonchev–Trinajstić information content (AvgIpc) is 2.46. The Morgan fingerprint density at radius 1 is 1.32 bits per heavy atom. The fourth-order valence-electron chi connectivity index (χ4n) is 2.13. The monoisotopic (exact) mass is 266 g/mol. The summed E-state index contributed by atoms with van der Waals surface area (Å²) < 4.78 is 16.1. The quantitative estimate of drug-likeness (QED) is 0.738. The minimum absolute atomic E-state index is 0.221. The fraction of sp³-hybridized carbons (Fsp3) is 0.538. The molecule has 0 radical (unpaired) electrons. The van der Waals surface area contributed by atoms with Gasteiger partial charge in [-0.25, -0.2) is 0 Å². The second-order valence-corrected chi connectivity index (χ2v) is 4.57. The molecule has 1 aromatic rings. The highest BCUT2D eigenvalue weighted by atomic mass is 16.5. The zero-order chi connectivity index (χ0) is 13.7. The number of benzene rings is 1. The highest BCUT2D eigenvalue weighted by Gasteiger charge is 2.18. The Balaban J connectivity index is 1.98. The van der Waals surface area contributed by atoms with Gasteiger partial charge in [-0.3, -0.25) is 0 Å². The molecule has 0 saturated carbocycles. The van der Waals surface area contributed by atoms with Gasteiger partial charge in [0.1, 0.15) is 5.75 Å². The van der Waals surface area contributed by atoms with Crippen LogP contribution in [0.5, 0.6) is 5.75 Å². The lowest BCUT2D eigenvalue weighted by Crippen LogP contribution is -2.31. The fourth-order valence-corrected chi connectivity index (χ4v) is 2.13. The van der Waals surface area contributed by atoms with Gasteiger partial charge in [-0.15, -0.1) is 0 Å². The van der Waals surface area contributed by atoms with Crippen LogP contribution in [0.15, 0.2) is 18.2 Å². The topological polar surface area (TPSA) is 68.2 Å². The first-order chi connectivity index (χ1) is 9.20. The van der Waals surface area contributed by atoms with Crippen LogP contribution < -0.4 is 10.2 Å². The van der Waals surface area contributed by atoms with Gasteiger partial charge in [0.15, 0.2) is 0 Å². The molecule has 0 aliphatic carbocycles. The Morgan fingerprint density at radius 3 is 2.68 bits per heavy atom. The van der Waals surface area contributed by atoms with Crippen molar-refractivity contribution in [2.45, 2.75) is 25.6 Å². The Bertz CT molecular complexity index is 404. The molecule has 19 heavy (non-hydrogen) atoms. The largest absolute Gasteiger partial charge is 0.497 e. The molecule has 1 saturated heterocycles. The smallest absolute Gasteiger partial charge is 0.492 e. The maximum Gasteiger partial charge on any atom is 0.492 e. The van der Waals surface area contributed by atoms with E-state index >= 15 is 0 Å². The minimum atomic E-state index is -1.54. The van der Waals surface area contributed by atoms with Gasteiger partial charge in [-0.2, -0.15) is 0 Å². The summed E-state index contributed by atoms with van der Waals surface area (Å²) in [6.45, 7) is 1.94. The van der Waals surface area contributed by atoms with Crippen molar-refractivity contribution in [1.82, 2.24) is 0 Å². The third-order valence-electron chi connectivity index (χ3n) is 3.23. The average molecular weight is 266 g/mol. The normalized spacial score (nSPS) is 16.4. The van der Waals surface area contributed by atoms with E-state index in [0.717, 1.165) is 31.6 Å². The second-order valence-electron chi connectivity index (χ2n) is 4.57. The third-order valence-corrected chi connectivity index (χ3v) is 3.23. The van der Waals surface area contributed by atoms with Crippen molar-refractivity contribution in [3.63, 3.8) is 0 Å². The molecule has 0 spiro atoms. The zero-order valence-electron chi connectivity index (χ0n) is 11.0. The molecule has 0 unspecified atom stereocenters. The molecule has 2 N–H and O–H groups in total. The van der Waals surface area contributed by atoms with E-state index < -0.39 is 7.12 Å². The molecular formula is C13H19BO5. The molecule has 0 aromatic heterocycles. The standard InChI is InChI=1S/C13H19BO5/c1-17-13-3-2-10(8-12(13)14(15)16)9-19-11-4-6-18-7-5-11/h2-3,8,11,15-16H,4-7,9H2,1H3. The predicted molar refractivity (Wildman–Crippen MR) is 71.4 cm³/mol. The molecule has 1 aliphatic rings. The zero-order valence-corrected chi connectivity index (χ0v) is 11.0. The van der Waals surface area contributed by atoms with E-state index in [1.807, 2.05) is 6.07 Å². The van der Waals surface area contributed by atoms with Gasteiger partial charge >= 0.3 is 7.12 Å². The highest BCUT2D eigenvalue weighted by Crippen LogP contribution is 2.15. The maximum absolute atomic E-state index is 9.30. The van der Waals surface area contributed by atoms with E-state index in [2.05, 4.69) is 0 Å². The van der Waals surface area contributed by atoms with Gasteiger partial charge in [-0.1, -0.05) is 12.1 Å². The van der Waals surface area contributed by atoms with E-state index in [4.69, 9.17) is 14.2 Å². The molecule has 0 amide bonds. The Labute approximate surface area is 113 Å². The molecule has 0 bridgehead atoms. The summed E-state index contributed by atoms with van der Waals surface area (Å²) in [5.74, 6) is 0.463. The van der Waals surface area contributed by atoms with Crippen molar-refractivity contribution in [3.05, 3.63) is 23.8 Å². The van der Waals surface area contributed by atoms with Crippen LogP contribution in [-0.4, -0.2) is 43.6 Å². The molecule has 1 aromatic carbocycles. The number of hydrogen-bond acceptors (Lipinski definition) is 5. The first-order valence-electron chi connectivity index (χ1n) is 6.43. The SMILES string of the molecule is COc1ccc(COC2CCOCC2)cc1B(O)O. The van der Waals surface area contributed by atoms with Crippen LogP contribution in [0, 0.1) is 0 Å². The highest BCUT2D eigenvalue weighted by molar-refractivity contribution is 6.59. The lowest BCUT2D eigenvalue weighted by Gasteiger charge is -2.22. The van der Waals surface area contributed by atoms with Gasteiger partial charge in [0.2, 0.25) is 0 Å². The van der Waals surface area contributed by atoms with Crippen molar-refractivity contribution in [3.8, 4) is 5.75 Å². The second kappa shape index (κ2) is 6.91. The van der Waals surface area contributed by atoms with Gasteiger partial charge in [0, 0.05) is 18.7 Å². The molecule has 1 heterocycles. The summed E-state index contributed by atoms with van der Waals surface area (Å²) in [6, 6.07) is 5.28. The summed E-state index contributed by atoms with van der Waals surface area (Å²) in [7, 11) is -0.0441. The van der Waals surface area contributed by atoms with E-state index in [0.29, 0.717) is 17.8 Å². The van der Waals surface area contributed by atoms with Crippen LogP contribution in [0.3, 0.4) is 0 Å². The van der Waals surface area contributed by atoms with Gasteiger partial charge in [-0.05, 0) is 24.5 Å². The molecule has 1 aliphatic heterocycles. The van der Waals surface area contributed by atoms with Crippen molar-refractivity contribution in [1.29, 1.82) is 0 Å². The van der Waals surface area contributed by atoms with Crippen LogP contribution in [0.1, 0.15) is 18.4 Å². The molecule has 1 fully saturated rings. The minimum Gasteiger partial charge on any atom is -0.497 e. The summed E-state index contributed by atoms with van der Waals surface area (Å²) >= 11 is 0. The van der Waals surface area contributed by atoms with Gasteiger partial charge in [0.05, 0.1) is 19.8 Å². The molecule has 2 rings (SSSR count). The summed E-state index contributed by atoms with van der Waals surface area (Å²) in [5.41, 5.74) is 1.26. The van der Waals surface area contributed by atoms with E-state index in [1.165, 1.54) is 7.11 Å². The van der Waals surface area contributed by atoms with Crippen LogP contribution in [0.25, 0.3) is 0 Å².